The molecule has 0 heterocycles. The van der Waals surface area contributed by atoms with Gasteiger partial charge in [-0.15, -0.1) is 0 Å². The fourth-order valence-corrected chi connectivity index (χ4v) is 2.96. The van der Waals surface area contributed by atoms with Gasteiger partial charge < -0.3 is 0 Å². The van der Waals surface area contributed by atoms with E-state index in [1.54, 1.807) is 0 Å². The first-order chi connectivity index (χ1) is 9.10. The molecule has 0 heteroatoms. The Morgan fingerprint density at radius 1 is 1.00 bits per heavy atom. The Balaban J connectivity index is 0.000000637. The van der Waals surface area contributed by atoms with Gasteiger partial charge in [0.25, 0.3) is 0 Å². The lowest BCUT2D eigenvalue weighted by Gasteiger charge is -2.23. The molecule has 0 nitrogen and oxygen atoms in total. The molecule has 0 unspecified atom stereocenters. The second-order valence-corrected chi connectivity index (χ2v) is 5.54. The summed E-state index contributed by atoms with van der Waals surface area (Å²) in [4.78, 5) is 0. The summed E-state index contributed by atoms with van der Waals surface area (Å²) in [5.41, 5.74) is 7.26. The van der Waals surface area contributed by atoms with Crippen LogP contribution in [0.15, 0.2) is 48.1 Å². The average Bonchev–Trinajstić information content (AvgIpc) is 2.60. The van der Waals surface area contributed by atoms with Crippen LogP contribution in [0, 0.1) is 6.92 Å². The lowest BCUT2D eigenvalue weighted by molar-refractivity contribution is 0.653. The van der Waals surface area contributed by atoms with Crippen LogP contribution in [-0.2, 0) is 5.41 Å². The molecule has 0 saturated heterocycles. The fourth-order valence-electron chi connectivity index (χ4n) is 2.96. The van der Waals surface area contributed by atoms with Crippen LogP contribution in [0.3, 0.4) is 0 Å². The number of aryl methyl sites for hydroxylation is 1. The van der Waals surface area contributed by atoms with Crippen molar-refractivity contribution in [2.75, 3.05) is 0 Å². The van der Waals surface area contributed by atoms with Gasteiger partial charge in [0.05, 0.1) is 0 Å². The molecule has 19 heavy (non-hydrogen) atoms. The minimum absolute atomic E-state index is 0.141. The normalized spacial score (nSPS) is 18.4. The van der Waals surface area contributed by atoms with E-state index in [4.69, 9.17) is 0 Å². The standard InChI is InChI=1S/C17H18.C2H6/c1-12-9-10-14-13-7-5-4-6-8-15(13)17(2,3)16(14)11-12;1-2/h5-11H,4H2,1-3H3;1-2H3. The number of hydrogen-bond acceptors (Lipinski definition) is 0. The molecule has 0 bridgehead atoms. The summed E-state index contributed by atoms with van der Waals surface area (Å²) >= 11 is 0. The summed E-state index contributed by atoms with van der Waals surface area (Å²) in [5.74, 6) is 0. The van der Waals surface area contributed by atoms with Gasteiger partial charge in [0, 0.05) is 5.41 Å². The van der Waals surface area contributed by atoms with Gasteiger partial charge >= 0.3 is 0 Å². The Morgan fingerprint density at radius 3 is 2.42 bits per heavy atom. The predicted molar refractivity (Wildman–Crippen MR) is 85.4 cm³/mol. The molecule has 0 atom stereocenters. The first-order valence-corrected chi connectivity index (χ1v) is 7.30. The van der Waals surface area contributed by atoms with Crippen LogP contribution >= 0.6 is 0 Å². The van der Waals surface area contributed by atoms with E-state index >= 15 is 0 Å². The van der Waals surface area contributed by atoms with E-state index < -0.39 is 0 Å². The van der Waals surface area contributed by atoms with Crippen molar-refractivity contribution in [3.63, 3.8) is 0 Å². The summed E-state index contributed by atoms with van der Waals surface area (Å²) in [6.45, 7) is 10.8. The average molecular weight is 252 g/mol. The summed E-state index contributed by atoms with van der Waals surface area (Å²) < 4.78 is 0. The number of fused-ring (bicyclic) bond motifs is 2. The maximum atomic E-state index is 2.34. The fraction of sp³-hybridized carbons (Fsp3) is 0.368. The minimum atomic E-state index is 0.141. The van der Waals surface area contributed by atoms with Gasteiger partial charge in [-0.3, -0.25) is 0 Å². The van der Waals surface area contributed by atoms with E-state index in [1.165, 1.54) is 27.8 Å². The Labute approximate surface area is 117 Å². The van der Waals surface area contributed by atoms with Crippen LogP contribution in [0.2, 0.25) is 0 Å². The molecular weight excluding hydrogens is 228 g/mol. The molecule has 0 fully saturated rings. The van der Waals surface area contributed by atoms with Gasteiger partial charge in [-0.25, -0.2) is 0 Å². The van der Waals surface area contributed by atoms with Crippen molar-refractivity contribution in [3.8, 4) is 0 Å². The lowest BCUT2D eigenvalue weighted by atomic mass is 9.80. The number of benzene rings is 1. The van der Waals surface area contributed by atoms with Crippen molar-refractivity contribution in [2.24, 2.45) is 0 Å². The highest BCUT2D eigenvalue weighted by Crippen LogP contribution is 2.48. The van der Waals surface area contributed by atoms with Crippen LogP contribution in [0.25, 0.3) is 5.57 Å². The molecule has 2 aliphatic rings. The zero-order chi connectivity index (χ0) is 14.0. The van der Waals surface area contributed by atoms with Crippen molar-refractivity contribution >= 4 is 5.57 Å². The zero-order valence-electron chi connectivity index (χ0n) is 12.7. The third-order valence-electron chi connectivity index (χ3n) is 3.94. The van der Waals surface area contributed by atoms with Crippen molar-refractivity contribution in [2.45, 2.75) is 46.5 Å². The Bertz CT molecular complexity index is 566. The van der Waals surface area contributed by atoms with E-state index in [0.29, 0.717) is 0 Å². The maximum Gasteiger partial charge on any atom is 0.0158 e. The van der Waals surface area contributed by atoms with Crippen molar-refractivity contribution in [3.05, 3.63) is 64.8 Å². The third-order valence-corrected chi connectivity index (χ3v) is 3.94. The topological polar surface area (TPSA) is 0 Å². The maximum absolute atomic E-state index is 2.34. The first kappa shape index (κ1) is 13.9. The van der Waals surface area contributed by atoms with Gasteiger partial charge in [-0.05, 0) is 35.6 Å². The summed E-state index contributed by atoms with van der Waals surface area (Å²) in [6.07, 6.45) is 10.2. The van der Waals surface area contributed by atoms with E-state index in [0.717, 1.165) is 6.42 Å². The molecule has 0 spiro atoms. The highest BCUT2D eigenvalue weighted by atomic mass is 14.4. The molecule has 0 aliphatic heterocycles. The molecule has 1 aromatic rings. The zero-order valence-corrected chi connectivity index (χ0v) is 12.7. The summed E-state index contributed by atoms with van der Waals surface area (Å²) in [6, 6.07) is 6.83. The molecule has 100 valence electrons. The molecule has 3 rings (SSSR count). The van der Waals surface area contributed by atoms with E-state index in [-0.39, 0.29) is 5.41 Å². The molecular formula is C19H24. The molecule has 2 aliphatic carbocycles. The minimum Gasteiger partial charge on any atom is -0.0804 e. The van der Waals surface area contributed by atoms with Crippen LogP contribution in [0.1, 0.15) is 50.8 Å². The molecule has 0 N–H and O–H groups in total. The second kappa shape index (κ2) is 5.21. The highest BCUT2D eigenvalue weighted by Gasteiger charge is 2.35. The van der Waals surface area contributed by atoms with E-state index in [9.17, 15) is 0 Å². The molecule has 0 radical (unpaired) electrons. The van der Waals surface area contributed by atoms with Crippen LogP contribution < -0.4 is 0 Å². The Kier molecular flexibility index (Phi) is 3.80. The van der Waals surface area contributed by atoms with Crippen LogP contribution in [-0.4, -0.2) is 0 Å². The summed E-state index contributed by atoms with van der Waals surface area (Å²) in [5, 5.41) is 0. The molecule has 0 aromatic heterocycles. The van der Waals surface area contributed by atoms with Gasteiger partial charge in [-0.1, -0.05) is 75.8 Å². The molecule has 1 aromatic carbocycles. The third kappa shape index (κ3) is 2.20. The predicted octanol–water partition coefficient (Wildman–Crippen LogP) is 5.58. The van der Waals surface area contributed by atoms with E-state index in [1.807, 2.05) is 13.8 Å². The number of rotatable bonds is 0. The SMILES string of the molecule is CC.Cc1ccc2c(c1)C(C)(C)C1=C2C=CCC=C1. The Morgan fingerprint density at radius 2 is 1.68 bits per heavy atom. The van der Waals surface area contributed by atoms with Gasteiger partial charge in [-0.2, -0.15) is 0 Å². The van der Waals surface area contributed by atoms with Crippen molar-refractivity contribution < 1.29 is 0 Å². The second-order valence-electron chi connectivity index (χ2n) is 5.54. The first-order valence-electron chi connectivity index (χ1n) is 7.30. The quantitative estimate of drug-likeness (QED) is 0.565. The van der Waals surface area contributed by atoms with Crippen molar-refractivity contribution in [1.29, 1.82) is 0 Å². The Hall–Kier alpha value is -1.56. The van der Waals surface area contributed by atoms with E-state index in [2.05, 4.69) is 63.3 Å². The van der Waals surface area contributed by atoms with Gasteiger partial charge in [0.1, 0.15) is 0 Å². The van der Waals surface area contributed by atoms with Gasteiger partial charge in [0.2, 0.25) is 0 Å². The molecule has 0 saturated carbocycles. The summed E-state index contributed by atoms with van der Waals surface area (Å²) in [7, 11) is 0. The van der Waals surface area contributed by atoms with Crippen LogP contribution in [0.5, 0.6) is 0 Å². The smallest absolute Gasteiger partial charge is 0.0158 e. The van der Waals surface area contributed by atoms with Crippen molar-refractivity contribution in [1.82, 2.24) is 0 Å². The number of hydrogen-bond donors (Lipinski definition) is 0. The van der Waals surface area contributed by atoms with Gasteiger partial charge in [0.15, 0.2) is 0 Å². The lowest BCUT2D eigenvalue weighted by Crippen LogP contribution is -2.16. The monoisotopic (exact) mass is 252 g/mol. The highest BCUT2D eigenvalue weighted by molar-refractivity contribution is 5.88. The number of allylic oxidation sites excluding steroid dienone is 6. The molecule has 0 amide bonds. The largest absolute Gasteiger partial charge is 0.0804 e. The van der Waals surface area contributed by atoms with Crippen LogP contribution in [0.4, 0.5) is 0 Å².